The summed E-state index contributed by atoms with van der Waals surface area (Å²) in [5, 5.41) is 4.40. The van der Waals surface area contributed by atoms with Crippen LogP contribution in [0.1, 0.15) is 31.7 Å². The highest BCUT2D eigenvalue weighted by atomic mass is 35.7. The Balaban J connectivity index is 3.09. The fourth-order valence-electron chi connectivity index (χ4n) is 2.11. The summed E-state index contributed by atoms with van der Waals surface area (Å²) in [7, 11) is 5.82. The van der Waals surface area contributed by atoms with Crippen molar-refractivity contribution in [3.8, 4) is 0 Å². The van der Waals surface area contributed by atoms with Gasteiger partial charge >= 0.3 is 0 Å². The molecular formula is C12H22ClN3O2S. The molecule has 0 atom stereocenters. The second kappa shape index (κ2) is 6.72. The van der Waals surface area contributed by atoms with E-state index in [4.69, 9.17) is 10.7 Å². The lowest BCUT2D eigenvalue weighted by molar-refractivity contribution is 0.378. The van der Waals surface area contributed by atoms with Crippen LogP contribution in [-0.2, 0) is 28.4 Å². The van der Waals surface area contributed by atoms with E-state index in [2.05, 4.69) is 10.00 Å². The van der Waals surface area contributed by atoms with Crippen molar-refractivity contribution < 1.29 is 8.42 Å². The second-order valence-electron chi connectivity index (χ2n) is 4.75. The number of nitrogens with zero attached hydrogens (tertiary/aromatic N) is 3. The van der Waals surface area contributed by atoms with Crippen molar-refractivity contribution in [1.82, 2.24) is 14.7 Å². The van der Waals surface area contributed by atoms with Crippen LogP contribution in [0, 0.1) is 0 Å². The summed E-state index contributed by atoms with van der Waals surface area (Å²) < 4.78 is 25.2. The third-order valence-corrected chi connectivity index (χ3v) is 4.39. The lowest BCUT2D eigenvalue weighted by atomic mass is 10.2. The van der Waals surface area contributed by atoms with Gasteiger partial charge in [-0.3, -0.25) is 4.68 Å². The first-order valence-electron chi connectivity index (χ1n) is 6.49. The van der Waals surface area contributed by atoms with Crippen molar-refractivity contribution >= 4 is 19.7 Å². The normalized spacial score (nSPS) is 12.3. The van der Waals surface area contributed by atoms with Gasteiger partial charge in [-0.25, -0.2) is 8.42 Å². The third-order valence-electron chi connectivity index (χ3n) is 2.97. The van der Waals surface area contributed by atoms with Gasteiger partial charge < -0.3 is 4.90 Å². The quantitative estimate of drug-likeness (QED) is 0.722. The van der Waals surface area contributed by atoms with E-state index in [1.54, 1.807) is 4.68 Å². The molecule has 1 aromatic heterocycles. The molecule has 1 heterocycles. The molecule has 0 bridgehead atoms. The van der Waals surface area contributed by atoms with E-state index in [0.717, 1.165) is 13.0 Å². The van der Waals surface area contributed by atoms with Gasteiger partial charge in [0.05, 0.1) is 11.4 Å². The van der Waals surface area contributed by atoms with Crippen molar-refractivity contribution in [3.05, 3.63) is 11.4 Å². The van der Waals surface area contributed by atoms with Gasteiger partial charge in [0.15, 0.2) is 0 Å². The Labute approximate surface area is 120 Å². The minimum Gasteiger partial charge on any atom is -0.309 e. The fraction of sp³-hybridized carbons (Fsp3) is 0.750. The Morgan fingerprint density at radius 3 is 2.32 bits per heavy atom. The van der Waals surface area contributed by atoms with Crippen molar-refractivity contribution in [3.63, 3.8) is 0 Å². The average molecular weight is 308 g/mol. The maximum atomic E-state index is 11.7. The number of aryl methyl sites for hydroxylation is 2. The molecule has 1 rings (SSSR count). The molecule has 0 radical (unpaired) electrons. The zero-order valence-corrected chi connectivity index (χ0v) is 13.6. The Morgan fingerprint density at radius 2 is 1.89 bits per heavy atom. The molecule has 0 aromatic carbocycles. The summed E-state index contributed by atoms with van der Waals surface area (Å²) in [5.74, 6) is 0. The van der Waals surface area contributed by atoms with Crippen molar-refractivity contribution in [1.29, 1.82) is 0 Å². The van der Waals surface area contributed by atoms with E-state index in [9.17, 15) is 8.42 Å². The summed E-state index contributed by atoms with van der Waals surface area (Å²) in [5.41, 5.74) is 1.28. The topological polar surface area (TPSA) is 55.2 Å². The molecule has 0 saturated heterocycles. The van der Waals surface area contributed by atoms with Crippen LogP contribution in [0.15, 0.2) is 4.90 Å². The van der Waals surface area contributed by atoms with E-state index < -0.39 is 9.05 Å². The van der Waals surface area contributed by atoms with Crippen molar-refractivity contribution in [2.45, 2.75) is 44.6 Å². The van der Waals surface area contributed by atoms with Crippen LogP contribution in [0.25, 0.3) is 0 Å². The number of hydrogen-bond acceptors (Lipinski definition) is 4. The Kier molecular flexibility index (Phi) is 5.82. The first-order chi connectivity index (χ1) is 8.81. The maximum Gasteiger partial charge on any atom is 0.264 e. The molecule has 0 saturated carbocycles. The standard InChI is InChI=1S/C12H22ClN3O2S/c1-5-10-12(19(13,17)18)11(6-2)16(14-10)9-7-8-15(3)4/h5-9H2,1-4H3. The van der Waals surface area contributed by atoms with Gasteiger partial charge in [-0.05, 0) is 39.9 Å². The van der Waals surface area contributed by atoms with Crippen LogP contribution in [0.4, 0.5) is 0 Å². The van der Waals surface area contributed by atoms with Crippen LogP contribution in [-0.4, -0.2) is 43.7 Å². The molecule has 110 valence electrons. The molecule has 0 fully saturated rings. The third kappa shape index (κ3) is 4.19. The summed E-state index contributed by atoms with van der Waals surface area (Å²) in [6, 6.07) is 0. The molecule has 0 aliphatic carbocycles. The molecule has 0 N–H and O–H groups in total. The molecule has 5 nitrogen and oxygen atoms in total. The minimum atomic E-state index is -3.73. The summed E-state index contributed by atoms with van der Waals surface area (Å²) in [6.07, 6.45) is 2.10. The summed E-state index contributed by atoms with van der Waals surface area (Å²) >= 11 is 0. The Morgan fingerprint density at radius 1 is 1.26 bits per heavy atom. The predicted molar refractivity (Wildman–Crippen MR) is 77.2 cm³/mol. The average Bonchev–Trinajstić information content (AvgIpc) is 2.66. The zero-order chi connectivity index (χ0) is 14.6. The molecular weight excluding hydrogens is 286 g/mol. The first-order valence-corrected chi connectivity index (χ1v) is 8.80. The van der Waals surface area contributed by atoms with Gasteiger partial charge in [0.2, 0.25) is 0 Å². The predicted octanol–water partition coefficient (Wildman–Crippen LogP) is 1.89. The first kappa shape index (κ1) is 16.5. The molecule has 1 aromatic rings. The van der Waals surface area contributed by atoms with Crippen LogP contribution < -0.4 is 0 Å². The fourth-order valence-corrected chi connectivity index (χ4v) is 3.64. The number of halogens is 1. The van der Waals surface area contributed by atoms with E-state index in [1.165, 1.54) is 0 Å². The SMILES string of the molecule is CCc1nn(CCCN(C)C)c(CC)c1S(=O)(=O)Cl. The molecule has 0 unspecified atom stereocenters. The van der Waals surface area contributed by atoms with Crippen molar-refractivity contribution in [2.75, 3.05) is 20.6 Å². The highest BCUT2D eigenvalue weighted by molar-refractivity contribution is 8.13. The zero-order valence-electron chi connectivity index (χ0n) is 12.0. The Bertz CT molecular complexity index is 523. The van der Waals surface area contributed by atoms with E-state index in [0.29, 0.717) is 30.8 Å². The molecule has 19 heavy (non-hydrogen) atoms. The maximum absolute atomic E-state index is 11.7. The van der Waals surface area contributed by atoms with Gasteiger partial charge in [-0.15, -0.1) is 0 Å². The number of aromatic nitrogens is 2. The molecule has 7 heteroatoms. The van der Waals surface area contributed by atoms with Gasteiger partial charge in [0.25, 0.3) is 9.05 Å². The highest BCUT2D eigenvalue weighted by Crippen LogP contribution is 2.25. The summed E-state index contributed by atoms with van der Waals surface area (Å²) in [4.78, 5) is 2.30. The van der Waals surface area contributed by atoms with Gasteiger partial charge in [-0.1, -0.05) is 13.8 Å². The van der Waals surface area contributed by atoms with Gasteiger partial charge in [-0.2, -0.15) is 5.10 Å². The largest absolute Gasteiger partial charge is 0.309 e. The monoisotopic (exact) mass is 307 g/mol. The highest BCUT2D eigenvalue weighted by Gasteiger charge is 2.25. The smallest absolute Gasteiger partial charge is 0.264 e. The lowest BCUT2D eigenvalue weighted by Gasteiger charge is -2.10. The van der Waals surface area contributed by atoms with Crippen LogP contribution in [0.2, 0.25) is 0 Å². The van der Waals surface area contributed by atoms with Crippen LogP contribution in [0.3, 0.4) is 0 Å². The summed E-state index contributed by atoms with van der Waals surface area (Å²) in [6.45, 7) is 5.45. The van der Waals surface area contributed by atoms with Crippen LogP contribution >= 0.6 is 10.7 Å². The minimum absolute atomic E-state index is 0.212. The van der Waals surface area contributed by atoms with Gasteiger partial charge in [0.1, 0.15) is 4.90 Å². The Hall–Kier alpha value is -0.590. The van der Waals surface area contributed by atoms with Gasteiger partial charge in [0, 0.05) is 17.2 Å². The van der Waals surface area contributed by atoms with E-state index in [1.807, 2.05) is 27.9 Å². The molecule has 0 aliphatic rings. The lowest BCUT2D eigenvalue weighted by Crippen LogP contribution is -2.16. The van der Waals surface area contributed by atoms with E-state index in [-0.39, 0.29) is 4.90 Å². The molecule has 0 spiro atoms. The van der Waals surface area contributed by atoms with E-state index >= 15 is 0 Å². The number of hydrogen-bond donors (Lipinski definition) is 0. The number of rotatable bonds is 7. The second-order valence-corrected chi connectivity index (χ2v) is 7.25. The van der Waals surface area contributed by atoms with Crippen LogP contribution in [0.5, 0.6) is 0 Å². The molecule has 0 amide bonds. The van der Waals surface area contributed by atoms with Crippen molar-refractivity contribution in [2.24, 2.45) is 0 Å². The molecule has 0 aliphatic heterocycles.